The monoisotopic (exact) mass is 237 g/mol. The number of anilines is 1. The quantitative estimate of drug-likeness (QED) is 0.765. The third-order valence-corrected chi connectivity index (χ3v) is 1.88. The second kappa shape index (κ2) is 4.52. The Morgan fingerprint density at radius 1 is 1.47 bits per heavy atom. The molecule has 2 aromatic rings. The Hall–Kier alpha value is -2.57. The smallest absolute Gasteiger partial charge is 0.409 e. The van der Waals surface area contributed by atoms with Crippen LogP contribution in [0.5, 0.6) is 11.6 Å². The van der Waals surface area contributed by atoms with Gasteiger partial charge in [0.1, 0.15) is 5.75 Å². The van der Waals surface area contributed by atoms with Crippen LogP contribution in [0.4, 0.5) is 14.9 Å². The molecule has 88 valence electrons. The Morgan fingerprint density at radius 2 is 2.29 bits per heavy atom. The molecule has 1 aromatic carbocycles. The minimum atomic E-state index is -1.33. The second-order valence-electron chi connectivity index (χ2n) is 3.09. The maximum atomic E-state index is 13.4. The molecule has 7 heteroatoms. The molecule has 0 atom stereocenters. The molecule has 0 fully saturated rings. The number of aromatic nitrogens is 2. The van der Waals surface area contributed by atoms with Crippen molar-refractivity contribution in [3.8, 4) is 11.6 Å². The maximum Gasteiger partial charge on any atom is 0.409 e. The SMILES string of the molecule is O=C(O)Nc1ccc(Oc2cc[nH]n2)cc1F. The normalized spacial score (nSPS) is 9.94. The van der Waals surface area contributed by atoms with E-state index < -0.39 is 11.9 Å². The van der Waals surface area contributed by atoms with E-state index in [9.17, 15) is 9.18 Å². The molecule has 0 bridgehead atoms. The predicted octanol–water partition coefficient (Wildman–Crippen LogP) is 2.43. The van der Waals surface area contributed by atoms with Crippen LogP contribution >= 0.6 is 0 Å². The van der Waals surface area contributed by atoms with Gasteiger partial charge in [-0.2, -0.15) is 0 Å². The number of carboxylic acid groups (broad SMARTS) is 1. The average molecular weight is 237 g/mol. The van der Waals surface area contributed by atoms with Crippen LogP contribution in [-0.4, -0.2) is 21.4 Å². The molecular weight excluding hydrogens is 229 g/mol. The molecule has 0 aliphatic carbocycles. The van der Waals surface area contributed by atoms with Crippen molar-refractivity contribution >= 4 is 11.8 Å². The van der Waals surface area contributed by atoms with Gasteiger partial charge in [-0.3, -0.25) is 10.4 Å². The van der Waals surface area contributed by atoms with E-state index in [1.165, 1.54) is 12.1 Å². The van der Waals surface area contributed by atoms with Crippen molar-refractivity contribution in [2.75, 3.05) is 5.32 Å². The van der Waals surface area contributed by atoms with Crippen molar-refractivity contribution in [2.45, 2.75) is 0 Å². The fourth-order valence-electron chi connectivity index (χ4n) is 1.20. The molecule has 0 aliphatic heterocycles. The zero-order valence-electron chi connectivity index (χ0n) is 8.48. The number of nitrogens with zero attached hydrogens (tertiary/aromatic N) is 1. The highest BCUT2D eigenvalue weighted by Gasteiger charge is 2.07. The fourth-order valence-corrected chi connectivity index (χ4v) is 1.20. The standard InChI is InChI=1S/C10H8FN3O3/c11-7-5-6(17-9-3-4-12-14-9)1-2-8(7)13-10(15)16/h1-5,13H,(H,12,14)(H,15,16). The molecule has 1 amide bonds. The largest absolute Gasteiger partial charge is 0.465 e. The number of amides is 1. The molecule has 0 saturated heterocycles. The summed E-state index contributed by atoms with van der Waals surface area (Å²) in [6.45, 7) is 0. The van der Waals surface area contributed by atoms with E-state index in [2.05, 4.69) is 10.2 Å². The Kier molecular flexibility index (Phi) is 2.91. The minimum absolute atomic E-state index is 0.133. The number of nitrogens with one attached hydrogen (secondary N) is 2. The summed E-state index contributed by atoms with van der Waals surface area (Å²) >= 11 is 0. The summed E-state index contributed by atoms with van der Waals surface area (Å²) in [4.78, 5) is 10.3. The van der Waals surface area contributed by atoms with Crippen LogP contribution in [-0.2, 0) is 0 Å². The number of hydrogen-bond acceptors (Lipinski definition) is 3. The second-order valence-corrected chi connectivity index (χ2v) is 3.09. The molecule has 0 spiro atoms. The Bertz CT molecular complexity index is 528. The van der Waals surface area contributed by atoms with Gasteiger partial charge in [0.2, 0.25) is 5.88 Å². The van der Waals surface area contributed by atoms with Crippen molar-refractivity contribution in [1.82, 2.24) is 10.2 Å². The van der Waals surface area contributed by atoms with Crippen molar-refractivity contribution in [3.63, 3.8) is 0 Å². The van der Waals surface area contributed by atoms with Gasteiger partial charge in [0, 0.05) is 18.3 Å². The van der Waals surface area contributed by atoms with E-state index in [1.54, 1.807) is 12.3 Å². The zero-order valence-corrected chi connectivity index (χ0v) is 8.48. The highest BCUT2D eigenvalue weighted by molar-refractivity contribution is 5.83. The number of halogens is 1. The Labute approximate surface area is 95.0 Å². The first kappa shape index (κ1) is 10.9. The third-order valence-electron chi connectivity index (χ3n) is 1.88. The molecule has 0 saturated carbocycles. The van der Waals surface area contributed by atoms with Crippen LogP contribution < -0.4 is 10.1 Å². The highest BCUT2D eigenvalue weighted by Crippen LogP contribution is 2.24. The van der Waals surface area contributed by atoms with Crippen LogP contribution in [0.15, 0.2) is 30.5 Å². The van der Waals surface area contributed by atoms with E-state index in [4.69, 9.17) is 9.84 Å². The molecule has 17 heavy (non-hydrogen) atoms. The van der Waals surface area contributed by atoms with E-state index >= 15 is 0 Å². The molecule has 6 nitrogen and oxygen atoms in total. The van der Waals surface area contributed by atoms with Gasteiger partial charge in [0.15, 0.2) is 5.82 Å². The number of carbonyl (C=O) groups is 1. The van der Waals surface area contributed by atoms with Gasteiger partial charge >= 0.3 is 6.09 Å². The molecule has 1 heterocycles. The van der Waals surface area contributed by atoms with Crippen molar-refractivity contribution < 1.29 is 19.0 Å². The lowest BCUT2D eigenvalue weighted by Gasteiger charge is -2.05. The number of ether oxygens (including phenoxy) is 1. The van der Waals surface area contributed by atoms with Gasteiger partial charge in [-0.25, -0.2) is 9.18 Å². The predicted molar refractivity (Wildman–Crippen MR) is 56.7 cm³/mol. The summed E-state index contributed by atoms with van der Waals surface area (Å²) in [5.74, 6) is -0.200. The molecule has 1 aromatic heterocycles. The maximum absolute atomic E-state index is 13.4. The van der Waals surface area contributed by atoms with E-state index in [1.807, 2.05) is 5.32 Å². The summed E-state index contributed by atoms with van der Waals surface area (Å²) in [5, 5.41) is 16.6. The number of H-pyrrole nitrogens is 1. The van der Waals surface area contributed by atoms with Gasteiger partial charge in [-0.15, -0.1) is 5.10 Å². The highest BCUT2D eigenvalue weighted by atomic mass is 19.1. The molecule has 2 rings (SSSR count). The first-order valence-corrected chi connectivity index (χ1v) is 4.62. The van der Waals surface area contributed by atoms with Crippen LogP contribution in [0.3, 0.4) is 0 Å². The van der Waals surface area contributed by atoms with Crippen LogP contribution in [0.1, 0.15) is 0 Å². The number of benzene rings is 1. The fraction of sp³-hybridized carbons (Fsp3) is 0. The van der Waals surface area contributed by atoms with E-state index in [0.29, 0.717) is 5.88 Å². The van der Waals surface area contributed by atoms with Gasteiger partial charge in [0.05, 0.1) is 5.69 Å². The first-order chi connectivity index (χ1) is 8.15. The van der Waals surface area contributed by atoms with Gasteiger partial charge in [-0.05, 0) is 12.1 Å². The number of rotatable bonds is 3. The topological polar surface area (TPSA) is 87.2 Å². The zero-order chi connectivity index (χ0) is 12.3. The van der Waals surface area contributed by atoms with E-state index in [0.717, 1.165) is 6.07 Å². The van der Waals surface area contributed by atoms with Gasteiger partial charge in [0.25, 0.3) is 0 Å². The van der Waals surface area contributed by atoms with Crippen LogP contribution in [0, 0.1) is 5.82 Å². The summed E-state index contributed by atoms with van der Waals surface area (Å²) < 4.78 is 18.6. The average Bonchev–Trinajstić information content (AvgIpc) is 2.74. The lowest BCUT2D eigenvalue weighted by atomic mass is 10.3. The van der Waals surface area contributed by atoms with E-state index in [-0.39, 0.29) is 11.4 Å². The summed E-state index contributed by atoms with van der Waals surface area (Å²) in [6, 6.07) is 5.34. The molecule has 3 N–H and O–H groups in total. The summed E-state index contributed by atoms with van der Waals surface area (Å²) in [6.07, 6.45) is 0.233. The summed E-state index contributed by atoms with van der Waals surface area (Å²) in [5.41, 5.74) is -0.133. The lowest BCUT2D eigenvalue weighted by Crippen LogP contribution is -2.08. The molecule has 0 radical (unpaired) electrons. The first-order valence-electron chi connectivity index (χ1n) is 4.62. The van der Waals surface area contributed by atoms with Gasteiger partial charge < -0.3 is 9.84 Å². The Morgan fingerprint density at radius 3 is 2.88 bits per heavy atom. The van der Waals surface area contributed by atoms with Crippen LogP contribution in [0.2, 0.25) is 0 Å². The van der Waals surface area contributed by atoms with Gasteiger partial charge in [-0.1, -0.05) is 0 Å². The van der Waals surface area contributed by atoms with Crippen molar-refractivity contribution in [1.29, 1.82) is 0 Å². The number of aromatic amines is 1. The number of hydrogen-bond donors (Lipinski definition) is 3. The van der Waals surface area contributed by atoms with Crippen molar-refractivity contribution in [2.24, 2.45) is 0 Å². The molecular formula is C10H8FN3O3. The molecule has 0 aliphatic rings. The molecule has 0 unspecified atom stereocenters. The third kappa shape index (κ3) is 2.71. The lowest BCUT2D eigenvalue weighted by molar-refractivity contribution is 0.209. The minimum Gasteiger partial charge on any atom is -0.465 e. The van der Waals surface area contributed by atoms with Crippen LogP contribution in [0.25, 0.3) is 0 Å². The summed E-state index contributed by atoms with van der Waals surface area (Å²) in [7, 11) is 0. The Balaban J connectivity index is 2.16. The van der Waals surface area contributed by atoms with Crippen molar-refractivity contribution in [3.05, 3.63) is 36.3 Å².